The number of carbonyl (C=O) groups is 1. The molecule has 2 aliphatic heterocycles. The van der Waals surface area contributed by atoms with Crippen LogP contribution < -0.4 is 73.9 Å². The molecule has 0 radical (unpaired) electrons. The molecule has 17 heteroatoms. The molecule has 0 atom stereocenters. The first-order chi connectivity index (χ1) is 30.6. The molecule has 13 nitrogen and oxygen atoms in total. The van der Waals surface area contributed by atoms with E-state index in [-0.39, 0.29) is 75.3 Å². The molecule has 1 aliphatic carbocycles. The maximum atomic E-state index is 12.2. The van der Waals surface area contributed by atoms with Crippen LogP contribution in [0.2, 0.25) is 0 Å². The molecule has 356 valence electrons. The van der Waals surface area contributed by atoms with Crippen molar-refractivity contribution in [1.29, 1.82) is 0 Å². The topological polar surface area (TPSA) is 170 Å². The molecule has 3 aliphatic rings. The van der Waals surface area contributed by atoms with Gasteiger partial charge in [0.05, 0.1) is 77.0 Å². The van der Waals surface area contributed by atoms with Crippen LogP contribution in [0.3, 0.4) is 0 Å². The molecule has 3 aromatic carbocycles. The number of hydrogen-bond donors (Lipinski definition) is 0. The monoisotopic (exact) mass is 988 g/mol. The van der Waals surface area contributed by atoms with Gasteiger partial charge in [0.1, 0.15) is 31.7 Å². The summed E-state index contributed by atoms with van der Waals surface area (Å²) in [5.41, 5.74) is 6.56. The van der Waals surface area contributed by atoms with Gasteiger partial charge in [-0.15, -0.1) is 0 Å². The molecule has 0 aromatic heterocycles. The first-order valence-corrected chi connectivity index (χ1v) is 25.4. The van der Waals surface area contributed by atoms with Crippen LogP contribution in [0.25, 0.3) is 0 Å². The number of benzene rings is 3. The van der Waals surface area contributed by atoms with E-state index in [1.54, 1.807) is 12.1 Å². The van der Waals surface area contributed by atoms with E-state index < -0.39 is 37.0 Å². The number of ether oxygens (including phenoxy) is 1. The van der Waals surface area contributed by atoms with Crippen molar-refractivity contribution in [1.82, 2.24) is 0 Å². The summed E-state index contributed by atoms with van der Waals surface area (Å²) in [6.45, 7) is 11.3. The Morgan fingerprint density at radius 2 is 1.35 bits per heavy atom. The van der Waals surface area contributed by atoms with Crippen molar-refractivity contribution in [3.63, 3.8) is 0 Å². The van der Waals surface area contributed by atoms with E-state index >= 15 is 0 Å². The van der Waals surface area contributed by atoms with Crippen LogP contribution >= 0.6 is 0 Å². The number of allylic oxidation sites excluding steroid dienone is 7. The molecule has 0 saturated carbocycles. The fraction of sp³-hybridized carbons (Fsp3) is 0.451. The minimum atomic E-state index is -4.69. The zero-order valence-electron chi connectivity index (χ0n) is 42.1. The van der Waals surface area contributed by atoms with Crippen molar-refractivity contribution in [3.8, 4) is 5.75 Å². The van der Waals surface area contributed by atoms with E-state index in [2.05, 4.69) is 76.1 Å². The van der Waals surface area contributed by atoms with Gasteiger partial charge < -0.3 is 37.6 Å². The number of carbonyl (C=O) groups excluding carboxylic acids is 1. The van der Waals surface area contributed by atoms with Crippen LogP contribution in [0.1, 0.15) is 82.9 Å². The molecular formula is C51H66N4Na2O9S2+2. The molecule has 0 saturated heterocycles. The average Bonchev–Trinajstić information content (AvgIpc) is 3.55. The fourth-order valence-corrected chi connectivity index (χ4v) is 10.3. The van der Waals surface area contributed by atoms with Crippen LogP contribution in [0.5, 0.6) is 5.75 Å². The molecular weight excluding hydrogens is 923 g/mol. The molecule has 2 heterocycles. The third kappa shape index (κ3) is 13.9. The first-order valence-electron chi connectivity index (χ1n) is 22.6. The van der Waals surface area contributed by atoms with Gasteiger partial charge in [0.15, 0.2) is 12.3 Å². The molecule has 0 N–H and O–H groups in total. The number of quaternary nitrogens is 2. The molecule has 0 bridgehead atoms. The van der Waals surface area contributed by atoms with Crippen LogP contribution in [0.15, 0.2) is 117 Å². The Labute approximate surface area is 449 Å². The van der Waals surface area contributed by atoms with Crippen molar-refractivity contribution < 1.29 is 113 Å². The van der Waals surface area contributed by atoms with E-state index in [1.165, 1.54) is 24.3 Å². The third-order valence-electron chi connectivity index (χ3n) is 12.8. The van der Waals surface area contributed by atoms with Gasteiger partial charge in [0.25, 0.3) is 0 Å². The Morgan fingerprint density at radius 3 is 1.94 bits per heavy atom. The summed E-state index contributed by atoms with van der Waals surface area (Å²) in [5, 5.41) is 11.2. The van der Waals surface area contributed by atoms with Crippen molar-refractivity contribution in [3.05, 3.63) is 124 Å². The van der Waals surface area contributed by atoms with E-state index in [0.29, 0.717) is 43.9 Å². The summed E-state index contributed by atoms with van der Waals surface area (Å²) in [6, 6.07) is 16.7. The number of anilines is 1. The van der Waals surface area contributed by atoms with E-state index in [9.17, 15) is 35.8 Å². The van der Waals surface area contributed by atoms with Gasteiger partial charge in [-0.2, -0.15) is 4.58 Å². The van der Waals surface area contributed by atoms with Crippen molar-refractivity contribution in [2.45, 2.75) is 93.3 Å². The van der Waals surface area contributed by atoms with Gasteiger partial charge in [0, 0.05) is 53.4 Å². The Hall–Kier alpha value is -2.90. The normalized spacial score (nSPS) is 18.2. The molecule has 0 fully saturated rings. The van der Waals surface area contributed by atoms with Gasteiger partial charge >= 0.3 is 59.1 Å². The van der Waals surface area contributed by atoms with Gasteiger partial charge in [0.2, 0.25) is 5.69 Å². The Balaban J connectivity index is 0.00000504. The van der Waals surface area contributed by atoms with E-state index in [4.69, 9.17) is 4.74 Å². The van der Waals surface area contributed by atoms with Crippen LogP contribution in [0.4, 0.5) is 11.4 Å². The number of rotatable bonds is 18. The summed E-state index contributed by atoms with van der Waals surface area (Å²) in [5.74, 6) is 0.130. The molecule has 0 spiro atoms. The molecule has 6 rings (SSSR count). The molecule has 0 amide bonds. The van der Waals surface area contributed by atoms with E-state index in [0.717, 1.165) is 91.9 Å². The van der Waals surface area contributed by atoms with Gasteiger partial charge in [-0.05, 0) is 123 Å². The number of hydrogen-bond acceptors (Lipinski definition) is 10. The minimum Gasteiger partial charge on any atom is -0.744 e. The van der Waals surface area contributed by atoms with Crippen LogP contribution in [-0.2, 0) is 42.3 Å². The molecule has 0 unspecified atom stereocenters. The second-order valence-electron chi connectivity index (χ2n) is 20.8. The Bertz CT molecular complexity index is 2760. The molecule has 3 aromatic rings. The minimum absolute atomic E-state index is 0. The number of carboxylic acids is 1. The third-order valence-corrected chi connectivity index (χ3v) is 14.5. The summed E-state index contributed by atoms with van der Waals surface area (Å²) >= 11 is 0. The van der Waals surface area contributed by atoms with Gasteiger partial charge in [-0.25, -0.2) is 16.8 Å². The zero-order valence-corrected chi connectivity index (χ0v) is 47.8. The van der Waals surface area contributed by atoms with Crippen molar-refractivity contribution in [2.75, 3.05) is 73.4 Å². The second-order valence-corrected chi connectivity index (χ2v) is 23.6. The SMILES string of the molecule is CC1(C)C(/C=C/C2=C(Oc3ccc(CCC(=O)[O-])cc3)C(=C/C=C3/N(CCC[N+](C)(C)C)c4ccc(S(=O)(=O)[O-])cc4C3(C)C)/CCC2)=[N+](CCC[N+](C)(C)C)c2ccc(S(=O)(=O)[O-])cc21.[Na+].[Na+]. The van der Waals surface area contributed by atoms with Crippen LogP contribution in [0, 0.1) is 0 Å². The maximum absolute atomic E-state index is 12.2. The van der Waals surface area contributed by atoms with E-state index in [1.807, 2.05) is 52.0 Å². The first kappa shape index (κ1) is 57.7. The number of carboxylic acid groups (broad SMARTS) is 1. The summed E-state index contributed by atoms with van der Waals surface area (Å²) in [4.78, 5) is 12.9. The molecule has 68 heavy (non-hydrogen) atoms. The van der Waals surface area contributed by atoms with Crippen molar-refractivity contribution in [2.24, 2.45) is 0 Å². The van der Waals surface area contributed by atoms with Crippen LogP contribution in [-0.4, -0.2) is 120 Å². The standard InChI is InChI=1S/C51H66N4O9S2.2Na/c1-50(2)42-34-40(65(58,59)60)23-25-44(42)52(30-12-32-54(5,6)7)46(50)27-19-37-14-11-15-38(49(37)64-39-21-16-36(17-22-39)18-29-48(56)57)20-28-47-51(3,4)43-35-41(66(61,62)63)24-26-45(43)53(47)31-13-33-55(8,9)10;;/h16-17,19-28,34-35H,11-15,18,29-33H2,1-10H3;;/q;2*+1. The number of aryl methyl sites for hydroxylation is 1. The van der Waals surface area contributed by atoms with Gasteiger partial charge in [-0.3, -0.25) is 0 Å². The average molecular weight is 989 g/mol. The number of fused-ring (bicyclic) bond motifs is 2. The van der Waals surface area contributed by atoms with Gasteiger partial charge in [-0.1, -0.05) is 32.1 Å². The smallest absolute Gasteiger partial charge is 0.744 e. The predicted molar refractivity (Wildman–Crippen MR) is 254 cm³/mol. The number of aliphatic carboxylic acids is 1. The fourth-order valence-electron chi connectivity index (χ4n) is 9.31. The number of nitrogens with zero attached hydrogens (tertiary/aromatic N) is 4. The quantitative estimate of drug-likeness (QED) is 0.0755. The Kier molecular flexibility index (Phi) is 18.9. The summed E-state index contributed by atoms with van der Waals surface area (Å²) < 4.78 is 83.9. The Morgan fingerprint density at radius 1 is 0.765 bits per heavy atom. The second kappa shape index (κ2) is 22.3. The summed E-state index contributed by atoms with van der Waals surface area (Å²) in [7, 11) is 3.49. The predicted octanol–water partition coefficient (Wildman–Crippen LogP) is 0.435. The maximum Gasteiger partial charge on any atom is 1.00 e. The largest absolute Gasteiger partial charge is 1.00 e. The summed E-state index contributed by atoms with van der Waals surface area (Å²) in [6.07, 6.45) is 12.5. The zero-order chi connectivity index (χ0) is 48.6. The van der Waals surface area contributed by atoms with Crippen molar-refractivity contribution >= 4 is 43.3 Å².